The molecular weight excluding hydrogens is 264 g/mol. The van der Waals surface area contributed by atoms with Crippen molar-refractivity contribution in [3.05, 3.63) is 29.3 Å². The summed E-state index contributed by atoms with van der Waals surface area (Å²) in [6, 6.07) is 6.04. The Morgan fingerprint density at radius 3 is 2.80 bits per heavy atom. The molecule has 1 aliphatic rings. The van der Waals surface area contributed by atoms with Crippen LogP contribution in [0.4, 0.5) is 8.78 Å². The van der Waals surface area contributed by atoms with E-state index in [0.717, 1.165) is 25.3 Å². The Bertz CT molecular complexity index is 440. The molecule has 20 heavy (non-hydrogen) atoms. The van der Waals surface area contributed by atoms with E-state index in [-0.39, 0.29) is 6.10 Å². The molecule has 1 aromatic carbocycles. The van der Waals surface area contributed by atoms with E-state index in [2.05, 4.69) is 22.6 Å². The van der Waals surface area contributed by atoms with E-state index in [9.17, 15) is 8.78 Å². The Kier molecular flexibility index (Phi) is 5.31. The van der Waals surface area contributed by atoms with Crippen LogP contribution in [0.1, 0.15) is 24.5 Å². The number of hydrogen-bond acceptors (Lipinski definition) is 3. The fraction of sp³-hybridized carbons (Fsp3) is 0.600. The van der Waals surface area contributed by atoms with Crippen molar-refractivity contribution >= 4 is 0 Å². The third-order valence-corrected chi connectivity index (χ3v) is 3.71. The smallest absolute Gasteiger partial charge is 0.345 e. The molecule has 112 valence electrons. The maximum Gasteiger partial charge on any atom is 0.345 e. The highest BCUT2D eigenvalue weighted by Gasteiger charge is 2.25. The molecule has 0 amide bonds. The van der Waals surface area contributed by atoms with Gasteiger partial charge in [0.05, 0.1) is 13.2 Å². The Hall–Kier alpha value is -1.20. The summed E-state index contributed by atoms with van der Waals surface area (Å²) in [6.07, 6.45) is 1.25. The number of aryl methyl sites for hydroxylation is 1. The zero-order valence-electron chi connectivity index (χ0n) is 11.9. The van der Waals surface area contributed by atoms with Crippen molar-refractivity contribution in [3.63, 3.8) is 0 Å². The zero-order valence-corrected chi connectivity index (χ0v) is 11.9. The molecule has 0 spiro atoms. The second-order valence-corrected chi connectivity index (χ2v) is 5.03. The quantitative estimate of drug-likeness (QED) is 0.802. The van der Waals surface area contributed by atoms with Crippen LogP contribution in [0.2, 0.25) is 0 Å². The lowest BCUT2D eigenvalue weighted by molar-refractivity contribution is -0.158. The van der Waals surface area contributed by atoms with Gasteiger partial charge in [-0.2, -0.15) is 8.78 Å². The van der Waals surface area contributed by atoms with Crippen LogP contribution in [0.3, 0.4) is 0 Å². The van der Waals surface area contributed by atoms with E-state index < -0.39 is 6.61 Å². The van der Waals surface area contributed by atoms with Crippen LogP contribution in [0.5, 0.6) is 5.75 Å². The van der Waals surface area contributed by atoms with E-state index in [4.69, 9.17) is 4.74 Å². The third-order valence-electron chi connectivity index (χ3n) is 3.71. The summed E-state index contributed by atoms with van der Waals surface area (Å²) in [7, 11) is 1.65. The molecule has 0 unspecified atom stereocenters. The van der Waals surface area contributed by atoms with Gasteiger partial charge in [0.2, 0.25) is 0 Å². The van der Waals surface area contributed by atoms with Crippen molar-refractivity contribution in [3.8, 4) is 5.75 Å². The molecule has 3 nitrogen and oxygen atoms in total. The number of methoxy groups -OCH3 is 1. The minimum atomic E-state index is -2.67. The van der Waals surface area contributed by atoms with Gasteiger partial charge in [-0.15, -0.1) is 0 Å². The summed E-state index contributed by atoms with van der Waals surface area (Å²) >= 11 is 0. The van der Waals surface area contributed by atoms with Gasteiger partial charge in [-0.1, -0.05) is 13.0 Å². The summed E-state index contributed by atoms with van der Waals surface area (Å²) in [4.78, 5) is 2.16. The molecule has 5 heteroatoms. The van der Waals surface area contributed by atoms with Crippen LogP contribution in [0.25, 0.3) is 0 Å². The summed E-state index contributed by atoms with van der Waals surface area (Å²) in [5.74, 6) is 0.853. The minimum absolute atomic E-state index is 0.349. The van der Waals surface area contributed by atoms with Gasteiger partial charge in [0.15, 0.2) is 0 Å². The average Bonchev–Trinajstić information content (AvgIpc) is 2.85. The highest BCUT2D eigenvalue weighted by Crippen LogP contribution is 2.23. The summed E-state index contributed by atoms with van der Waals surface area (Å²) in [5.41, 5.74) is 2.47. The molecule has 2 rings (SSSR count). The van der Waals surface area contributed by atoms with Gasteiger partial charge in [0, 0.05) is 19.6 Å². The Morgan fingerprint density at radius 2 is 2.15 bits per heavy atom. The molecule has 1 fully saturated rings. The lowest BCUT2D eigenvalue weighted by Crippen LogP contribution is -2.24. The van der Waals surface area contributed by atoms with Gasteiger partial charge in [-0.05, 0) is 36.1 Å². The number of hydrogen-bond donors (Lipinski definition) is 0. The van der Waals surface area contributed by atoms with E-state index in [0.29, 0.717) is 13.0 Å². The van der Waals surface area contributed by atoms with Crippen molar-refractivity contribution in [1.82, 2.24) is 4.90 Å². The molecule has 1 saturated heterocycles. The van der Waals surface area contributed by atoms with Gasteiger partial charge >= 0.3 is 6.61 Å². The highest BCUT2D eigenvalue weighted by molar-refractivity contribution is 5.35. The number of rotatable bonds is 6. The Morgan fingerprint density at radius 1 is 1.35 bits per heavy atom. The minimum Gasteiger partial charge on any atom is -0.497 e. The first kappa shape index (κ1) is 15.2. The predicted octanol–water partition coefficient (Wildman–Crippen LogP) is 3.07. The molecule has 1 heterocycles. The van der Waals surface area contributed by atoms with E-state index >= 15 is 0 Å². The first-order valence-electron chi connectivity index (χ1n) is 6.94. The number of halogens is 2. The molecule has 0 aromatic heterocycles. The van der Waals surface area contributed by atoms with E-state index in [1.54, 1.807) is 7.11 Å². The number of alkyl halides is 2. The molecular formula is C15H21F2NO2. The summed E-state index contributed by atoms with van der Waals surface area (Å²) < 4.78 is 34.2. The SMILES string of the molecule is CCc1cc(OC)ccc1CN1CC[C@H](OC(F)F)C1. The number of nitrogens with zero attached hydrogens (tertiary/aromatic N) is 1. The number of ether oxygens (including phenoxy) is 2. The second-order valence-electron chi connectivity index (χ2n) is 5.03. The van der Waals surface area contributed by atoms with Crippen molar-refractivity contribution in [1.29, 1.82) is 0 Å². The summed E-state index contributed by atoms with van der Waals surface area (Å²) in [5, 5.41) is 0. The molecule has 0 saturated carbocycles. The molecule has 1 aliphatic heterocycles. The normalized spacial score (nSPS) is 19.8. The van der Waals surface area contributed by atoms with Gasteiger partial charge in [-0.3, -0.25) is 4.90 Å². The van der Waals surface area contributed by atoms with Crippen molar-refractivity contribution in [2.24, 2.45) is 0 Å². The Labute approximate surface area is 118 Å². The van der Waals surface area contributed by atoms with Crippen LogP contribution in [-0.4, -0.2) is 37.8 Å². The van der Waals surface area contributed by atoms with Crippen LogP contribution >= 0.6 is 0 Å². The first-order valence-corrected chi connectivity index (χ1v) is 6.94. The monoisotopic (exact) mass is 285 g/mol. The maximum atomic E-state index is 12.2. The van der Waals surface area contributed by atoms with Gasteiger partial charge in [0.25, 0.3) is 0 Å². The number of benzene rings is 1. The standard InChI is InChI=1S/C15H21F2NO2/c1-3-11-8-13(19-2)5-4-12(11)9-18-7-6-14(10-18)20-15(16)17/h4-5,8,14-15H,3,6-7,9-10H2,1-2H3/t14-/m0/s1. The van der Waals surface area contributed by atoms with Crippen LogP contribution in [0.15, 0.2) is 18.2 Å². The van der Waals surface area contributed by atoms with Crippen LogP contribution in [0, 0.1) is 0 Å². The fourth-order valence-corrected chi connectivity index (χ4v) is 2.65. The van der Waals surface area contributed by atoms with Crippen LogP contribution < -0.4 is 4.74 Å². The number of likely N-dealkylation sites (tertiary alicyclic amines) is 1. The molecule has 1 atom stereocenters. The third kappa shape index (κ3) is 3.90. The van der Waals surface area contributed by atoms with Gasteiger partial charge < -0.3 is 9.47 Å². The predicted molar refractivity (Wildman–Crippen MR) is 73.1 cm³/mol. The van der Waals surface area contributed by atoms with Crippen molar-refractivity contribution < 1.29 is 18.3 Å². The van der Waals surface area contributed by atoms with Crippen LogP contribution in [-0.2, 0) is 17.7 Å². The Balaban J connectivity index is 1.97. The van der Waals surface area contributed by atoms with Gasteiger partial charge in [0.1, 0.15) is 5.75 Å². The summed E-state index contributed by atoms with van der Waals surface area (Å²) in [6.45, 7) is 1.57. The largest absolute Gasteiger partial charge is 0.497 e. The second kappa shape index (κ2) is 6.99. The van der Waals surface area contributed by atoms with Gasteiger partial charge in [-0.25, -0.2) is 0 Å². The molecule has 1 aromatic rings. The lowest BCUT2D eigenvalue weighted by Gasteiger charge is -2.18. The maximum absolute atomic E-state index is 12.2. The van der Waals surface area contributed by atoms with Crippen molar-refractivity contribution in [2.45, 2.75) is 39.0 Å². The molecule has 0 N–H and O–H groups in total. The zero-order chi connectivity index (χ0) is 14.5. The first-order chi connectivity index (χ1) is 9.62. The average molecular weight is 285 g/mol. The molecule has 0 aliphatic carbocycles. The fourth-order valence-electron chi connectivity index (χ4n) is 2.65. The topological polar surface area (TPSA) is 21.7 Å². The van der Waals surface area contributed by atoms with E-state index in [1.165, 1.54) is 11.1 Å². The molecule has 0 radical (unpaired) electrons. The molecule has 0 bridgehead atoms. The highest BCUT2D eigenvalue weighted by atomic mass is 19.3. The van der Waals surface area contributed by atoms with E-state index in [1.807, 2.05) is 12.1 Å². The van der Waals surface area contributed by atoms with Crippen molar-refractivity contribution in [2.75, 3.05) is 20.2 Å². The lowest BCUT2D eigenvalue weighted by atomic mass is 10.0.